The second-order valence-corrected chi connectivity index (χ2v) is 6.76. The maximum absolute atomic E-state index is 12.7. The van der Waals surface area contributed by atoms with Gasteiger partial charge in [0.15, 0.2) is 0 Å². The zero-order valence-electron chi connectivity index (χ0n) is 13.2. The summed E-state index contributed by atoms with van der Waals surface area (Å²) in [4.78, 5) is 19.0. The lowest BCUT2D eigenvalue weighted by Crippen LogP contribution is -2.49. The van der Waals surface area contributed by atoms with Crippen molar-refractivity contribution in [3.05, 3.63) is 42.7 Å². The number of amides is 2. The molecule has 23 heavy (non-hydrogen) atoms. The van der Waals surface area contributed by atoms with Gasteiger partial charge in [-0.2, -0.15) is 0 Å². The first-order valence-corrected chi connectivity index (χ1v) is 8.39. The number of allylic oxidation sites excluding steroid dienone is 2. The maximum atomic E-state index is 12.7. The van der Waals surface area contributed by atoms with Gasteiger partial charge in [0.25, 0.3) is 0 Å². The molecule has 5 heteroatoms. The summed E-state index contributed by atoms with van der Waals surface area (Å²) in [7, 11) is 0. The van der Waals surface area contributed by atoms with E-state index in [1.165, 1.54) is 12.8 Å². The Bertz CT molecular complexity index is 750. The lowest BCUT2D eigenvalue weighted by molar-refractivity contribution is 0.101. The molecule has 4 rings (SSSR count). The number of urea groups is 1. The molecule has 2 amide bonds. The van der Waals surface area contributed by atoms with Crippen LogP contribution in [-0.2, 0) is 0 Å². The van der Waals surface area contributed by atoms with E-state index in [1.807, 2.05) is 29.2 Å². The quantitative estimate of drug-likeness (QED) is 0.819. The summed E-state index contributed by atoms with van der Waals surface area (Å²) < 4.78 is 1.72. The van der Waals surface area contributed by atoms with Gasteiger partial charge < -0.3 is 4.90 Å². The number of fused-ring (bicyclic) bond motifs is 1. The number of nitrogens with one attached hydrogen (secondary N) is 1. The fourth-order valence-corrected chi connectivity index (χ4v) is 3.92. The molecule has 0 saturated carbocycles. The Kier molecular flexibility index (Phi) is 3.56. The Morgan fingerprint density at radius 2 is 2.13 bits per heavy atom. The van der Waals surface area contributed by atoms with Crippen LogP contribution in [0.4, 0.5) is 4.79 Å². The number of likely N-dealkylation sites (tertiary alicyclic amines) is 1. The molecule has 1 atom stereocenters. The highest BCUT2D eigenvalue weighted by atomic mass is 16.2. The van der Waals surface area contributed by atoms with E-state index in [2.05, 4.69) is 22.6 Å². The molecule has 2 aliphatic rings. The Balaban J connectivity index is 1.49. The molecule has 2 aromatic rings. The van der Waals surface area contributed by atoms with Crippen LogP contribution in [0.2, 0.25) is 0 Å². The smallest absolute Gasteiger partial charge is 0.323 e. The Labute approximate surface area is 136 Å². The van der Waals surface area contributed by atoms with Gasteiger partial charge in [-0.3, -0.25) is 0 Å². The van der Waals surface area contributed by atoms with Crippen LogP contribution in [-0.4, -0.2) is 33.7 Å². The molecular weight excluding hydrogens is 288 g/mol. The molecule has 1 aromatic heterocycles. The minimum atomic E-state index is -0.0261. The lowest BCUT2D eigenvalue weighted by Gasteiger charge is -2.43. The normalized spacial score (nSPS) is 24.3. The summed E-state index contributed by atoms with van der Waals surface area (Å²) in [5.41, 5.74) is 5.09. The van der Waals surface area contributed by atoms with Gasteiger partial charge in [-0.25, -0.2) is 19.9 Å². The summed E-state index contributed by atoms with van der Waals surface area (Å²) in [5.74, 6) is 0. The van der Waals surface area contributed by atoms with Crippen molar-refractivity contribution in [3.63, 3.8) is 0 Å². The van der Waals surface area contributed by atoms with Gasteiger partial charge in [0.05, 0.1) is 11.0 Å². The van der Waals surface area contributed by atoms with Gasteiger partial charge >= 0.3 is 6.03 Å². The lowest BCUT2D eigenvalue weighted by atomic mass is 9.71. The molecule has 1 fully saturated rings. The third-order valence-corrected chi connectivity index (χ3v) is 5.18. The number of nitrogens with zero attached hydrogens (tertiary/aromatic N) is 3. The molecule has 1 saturated heterocycles. The highest BCUT2D eigenvalue weighted by Gasteiger charge is 2.36. The Hall–Kier alpha value is -2.30. The maximum Gasteiger partial charge on any atom is 0.336 e. The molecule has 0 bridgehead atoms. The number of piperidine rings is 1. The van der Waals surface area contributed by atoms with Crippen LogP contribution in [0.25, 0.3) is 11.0 Å². The van der Waals surface area contributed by atoms with Crippen molar-refractivity contribution in [1.29, 1.82) is 0 Å². The second kappa shape index (κ2) is 5.72. The number of benzene rings is 1. The van der Waals surface area contributed by atoms with Gasteiger partial charge in [0.2, 0.25) is 0 Å². The average molecular weight is 310 g/mol. The van der Waals surface area contributed by atoms with E-state index in [1.54, 1.807) is 11.0 Å². The Morgan fingerprint density at radius 1 is 1.22 bits per heavy atom. The third-order valence-electron chi connectivity index (χ3n) is 5.18. The molecular formula is C18H22N4O. The number of rotatable bonds is 1. The van der Waals surface area contributed by atoms with Crippen molar-refractivity contribution in [2.24, 2.45) is 5.41 Å². The zero-order valence-corrected chi connectivity index (χ0v) is 13.2. The van der Waals surface area contributed by atoms with Gasteiger partial charge in [0.1, 0.15) is 6.33 Å². The topological polar surface area (TPSA) is 50.2 Å². The number of carbonyl (C=O) groups excluding carboxylic acids is 1. The summed E-state index contributed by atoms with van der Waals surface area (Å²) in [5, 5.41) is 0. The number of imidazole rings is 1. The fourth-order valence-electron chi connectivity index (χ4n) is 3.92. The highest BCUT2D eigenvalue weighted by Crippen LogP contribution is 2.40. The van der Waals surface area contributed by atoms with Gasteiger partial charge in [-0.1, -0.05) is 24.3 Å². The number of hydrogen-bond acceptors (Lipinski definition) is 2. The minimum absolute atomic E-state index is 0.0261. The summed E-state index contributed by atoms with van der Waals surface area (Å²) >= 11 is 0. The third kappa shape index (κ3) is 2.71. The van der Waals surface area contributed by atoms with Gasteiger partial charge in [-0.05, 0) is 49.7 Å². The van der Waals surface area contributed by atoms with Crippen molar-refractivity contribution >= 4 is 17.1 Å². The molecule has 1 aromatic carbocycles. The van der Waals surface area contributed by atoms with Crippen molar-refractivity contribution in [3.8, 4) is 0 Å². The fraction of sp³-hybridized carbons (Fsp3) is 0.444. The summed E-state index contributed by atoms with van der Waals surface area (Å²) in [6, 6.07) is 7.79. The van der Waals surface area contributed by atoms with E-state index < -0.39 is 0 Å². The first-order valence-electron chi connectivity index (χ1n) is 8.39. The molecule has 0 radical (unpaired) electrons. The molecule has 1 aliphatic heterocycles. The number of hydrogen-bond donors (Lipinski definition) is 1. The standard InChI is InChI=1S/C18H22N4O/c23-17(20-22-14-19-15-7-2-3-8-16(15)22)21-12-6-11-18(13-21)9-4-1-5-10-18/h1-4,7-8,14H,5-6,9-13H2,(H,20,23)/t18-/m0/s1. The molecule has 1 N–H and O–H groups in total. The van der Waals surface area contributed by atoms with Gasteiger partial charge in [-0.15, -0.1) is 0 Å². The van der Waals surface area contributed by atoms with E-state index in [0.717, 1.165) is 43.4 Å². The van der Waals surface area contributed by atoms with E-state index >= 15 is 0 Å². The molecule has 2 heterocycles. The average Bonchev–Trinajstić information content (AvgIpc) is 2.99. The van der Waals surface area contributed by atoms with Crippen molar-refractivity contribution in [1.82, 2.24) is 14.6 Å². The van der Waals surface area contributed by atoms with Crippen molar-refractivity contribution < 1.29 is 4.79 Å². The van der Waals surface area contributed by atoms with Crippen LogP contribution in [0.1, 0.15) is 32.1 Å². The van der Waals surface area contributed by atoms with Crippen LogP contribution in [0.5, 0.6) is 0 Å². The largest absolute Gasteiger partial charge is 0.336 e. The predicted molar refractivity (Wildman–Crippen MR) is 90.7 cm³/mol. The van der Waals surface area contributed by atoms with Gasteiger partial charge in [0, 0.05) is 13.1 Å². The molecule has 1 aliphatic carbocycles. The van der Waals surface area contributed by atoms with E-state index in [0.29, 0.717) is 5.41 Å². The van der Waals surface area contributed by atoms with Crippen LogP contribution < -0.4 is 5.43 Å². The van der Waals surface area contributed by atoms with Crippen LogP contribution in [0.15, 0.2) is 42.7 Å². The number of para-hydroxylation sites is 2. The van der Waals surface area contributed by atoms with Crippen molar-refractivity contribution in [2.45, 2.75) is 32.1 Å². The molecule has 5 nitrogen and oxygen atoms in total. The second-order valence-electron chi connectivity index (χ2n) is 6.76. The van der Waals surface area contributed by atoms with E-state index in [9.17, 15) is 4.79 Å². The first-order chi connectivity index (χ1) is 11.3. The van der Waals surface area contributed by atoms with E-state index in [4.69, 9.17) is 0 Å². The van der Waals surface area contributed by atoms with Crippen LogP contribution in [0.3, 0.4) is 0 Å². The minimum Gasteiger partial charge on any atom is -0.323 e. The number of aromatic nitrogens is 2. The van der Waals surface area contributed by atoms with Crippen LogP contribution in [0, 0.1) is 5.41 Å². The first kappa shape index (κ1) is 14.3. The summed E-state index contributed by atoms with van der Waals surface area (Å²) in [6.07, 6.45) is 12.0. The van der Waals surface area contributed by atoms with E-state index in [-0.39, 0.29) is 6.03 Å². The molecule has 0 unspecified atom stereocenters. The SMILES string of the molecule is O=C(Nn1cnc2ccccc21)N1CCC[C@@]2(CC=CCC2)C1. The Morgan fingerprint density at radius 3 is 3.00 bits per heavy atom. The number of carbonyl (C=O) groups is 1. The predicted octanol–water partition coefficient (Wildman–Crippen LogP) is 3.52. The monoisotopic (exact) mass is 310 g/mol. The summed E-state index contributed by atoms with van der Waals surface area (Å²) in [6.45, 7) is 1.69. The molecule has 1 spiro atoms. The highest BCUT2D eigenvalue weighted by molar-refractivity contribution is 5.85. The van der Waals surface area contributed by atoms with Crippen molar-refractivity contribution in [2.75, 3.05) is 18.5 Å². The zero-order chi connectivity index (χ0) is 15.7. The molecule has 120 valence electrons. The van der Waals surface area contributed by atoms with Crippen LogP contribution >= 0.6 is 0 Å².